The third-order valence-corrected chi connectivity index (χ3v) is 6.30. The van der Waals surface area contributed by atoms with E-state index in [1.165, 1.54) is 24.2 Å². The molecule has 166 valence electrons. The van der Waals surface area contributed by atoms with E-state index in [1.807, 2.05) is 85.8 Å². The maximum Gasteiger partial charge on any atom is 0.282 e. The van der Waals surface area contributed by atoms with E-state index in [-0.39, 0.29) is 11.8 Å². The molecule has 0 radical (unpaired) electrons. The van der Waals surface area contributed by atoms with Crippen LogP contribution in [-0.4, -0.2) is 24.9 Å². The van der Waals surface area contributed by atoms with Crippen LogP contribution in [0.5, 0.6) is 0 Å². The summed E-state index contributed by atoms with van der Waals surface area (Å²) in [6, 6.07) is 24.9. The molecule has 0 atom stereocenters. The Kier molecular flexibility index (Phi) is 5.69. The summed E-state index contributed by atoms with van der Waals surface area (Å²) in [6.07, 6.45) is 3.67. The van der Waals surface area contributed by atoms with E-state index in [2.05, 4.69) is 10.2 Å². The number of anilines is 3. The lowest BCUT2D eigenvalue weighted by atomic mass is 10.0. The fourth-order valence-electron chi connectivity index (χ4n) is 4.50. The molecule has 2 aliphatic heterocycles. The van der Waals surface area contributed by atoms with Crippen LogP contribution in [0.1, 0.15) is 30.4 Å². The highest BCUT2D eigenvalue weighted by atomic mass is 16.2. The van der Waals surface area contributed by atoms with Gasteiger partial charge < -0.3 is 10.2 Å². The van der Waals surface area contributed by atoms with Gasteiger partial charge in [0.25, 0.3) is 11.8 Å². The van der Waals surface area contributed by atoms with Gasteiger partial charge in [-0.05, 0) is 68.1 Å². The minimum Gasteiger partial charge on any atom is -0.372 e. The molecule has 0 aromatic heterocycles. The maximum absolute atomic E-state index is 13.6. The number of carbonyl (C=O) groups excluding carboxylic acids is 2. The van der Waals surface area contributed by atoms with Gasteiger partial charge in [0.2, 0.25) is 0 Å². The van der Waals surface area contributed by atoms with Gasteiger partial charge in [-0.2, -0.15) is 0 Å². The predicted octanol–water partition coefficient (Wildman–Crippen LogP) is 5.38. The number of piperidine rings is 1. The zero-order chi connectivity index (χ0) is 22.8. The first-order chi connectivity index (χ1) is 16.1. The quantitative estimate of drug-likeness (QED) is 0.545. The smallest absolute Gasteiger partial charge is 0.282 e. The summed E-state index contributed by atoms with van der Waals surface area (Å²) < 4.78 is 0. The molecule has 1 fully saturated rings. The third-order valence-electron chi connectivity index (χ3n) is 6.30. The molecular formula is C28H27N3O2. The van der Waals surface area contributed by atoms with E-state index in [1.54, 1.807) is 0 Å². The van der Waals surface area contributed by atoms with E-state index in [4.69, 9.17) is 0 Å². The molecule has 5 rings (SSSR count). The summed E-state index contributed by atoms with van der Waals surface area (Å²) >= 11 is 0. The number of carbonyl (C=O) groups is 2. The van der Waals surface area contributed by atoms with Crippen LogP contribution < -0.4 is 15.1 Å². The van der Waals surface area contributed by atoms with Crippen molar-refractivity contribution < 1.29 is 9.59 Å². The Morgan fingerprint density at radius 2 is 1.33 bits per heavy atom. The number of hydrogen-bond donors (Lipinski definition) is 1. The molecule has 33 heavy (non-hydrogen) atoms. The van der Waals surface area contributed by atoms with Crippen LogP contribution in [0, 0.1) is 6.92 Å². The van der Waals surface area contributed by atoms with E-state index < -0.39 is 0 Å². The predicted molar refractivity (Wildman–Crippen MR) is 133 cm³/mol. The summed E-state index contributed by atoms with van der Waals surface area (Å²) in [5.41, 5.74) is 5.02. The van der Waals surface area contributed by atoms with Gasteiger partial charge in [0.1, 0.15) is 5.70 Å². The van der Waals surface area contributed by atoms with Gasteiger partial charge in [0.05, 0.1) is 11.3 Å². The molecule has 5 heteroatoms. The van der Waals surface area contributed by atoms with Gasteiger partial charge in [0.15, 0.2) is 0 Å². The van der Waals surface area contributed by atoms with Crippen LogP contribution in [0.4, 0.5) is 17.1 Å². The van der Waals surface area contributed by atoms with Crippen molar-refractivity contribution in [2.45, 2.75) is 26.2 Å². The highest BCUT2D eigenvalue weighted by molar-refractivity contribution is 6.46. The number of amides is 2. The Bertz CT molecular complexity index is 1190. The first kappa shape index (κ1) is 21.0. The first-order valence-corrected chi connectivity index (χ1v) is 11.5. The minimum absolute atomic E-state index is 0.301. The summed E-state index contributed by atoms with van der Waals surface area (Å²) in [6.45, 7) is 4.11. The number of nitrogens with one attached hydrogen (secondary N) is 1. The maximum atomic E-state index is 13.6. The lowest BCUT2D eigenvalue weighted by molar-refractivity contribution is -0.120. The van der Waals surface area contributed by atoms with Gasteiger partial charge in [-0.25, -0.2) is 4.90 Å². The molecule has 2 aliphatic rings. The van der Waals surface area contributed by atoms with Crippen LogP contribution in [-0.2, 0) is 9.59 Å². The zero-order valence-corrected chi connectivity index (χ0v) is 18.8. The molecule has 5 nitrogen and oxygen atoms in total. The van der Waals surface area contributed by atoms with Crippen LogP contribution >= 0.6 is 0 Å². The molecule has 2 amide bonds. The normalized spacial score (nSPS) is 16.5. The second kappa shape index (κ2) is 8.94. The average Bonchev–Trinajstić information content (AvgIpc) is 3.10. The number of hydrogen-bond acceptors (Lipinski definition) is 4. The van der Waals surface area contributed by atoms with Crippen LogP contribution in [0.3, 0.4) is 0 Å². The first-order valence-electron chi connectivity index (χ1n) is 11.5. The number of imide groups is 1. The Morgan fingerprint density at radius 3 is 2.00 bits per heavy atom. The van der Waals surface area contributed by atoms with E-state index in [0.29, 0.717) is 17.0 Å². The molecule has 1 N–H and O–H groups in total. The topological polar surface area (TPSA) is 52.7 Å². The molecule has 1 saturated heterocycles. The van der Waals surface area contributed by atoms with E-state index >= 15 is 0 Å². The van der Waals surface area contributed by atoms with Crippen molar-refractivity contribution in [1.29, 1.82) is 0 Å². The van der Waals surface area contributed by atoms with Crippen LogP contribution in [0.15, 0.2) is 84.6 Å². The Labute approximate surface area is 194 Å². The Hall–Kier alpha value is -3.86. The Balaban J connectivity index is 1.48. The molecule has 0 saturated carbocycles. The second-order valence-corrected chi connectivity index (χ2v) is 8.62. The highest BCUT2D eigenvalue weighted by Gasteiger charge is 2.40. The summed E-state index contributed by atoms with van der Waals surface area (Å²) in [7, 11) is 0. The van der Waals surface area contributed by atoms with Crippen LogP contribution in [0.25, 0.3) is 5.57 Å². The van der Waals surface area contributed by atoms with Crippen molar-refractivity contribution in [3.63, 3.8) is 0 Å². The molecule has 2 heterocycles. The molecule has 0 spiro atoms. The van der Waals surface area contributed by atoms with Gasteiger partial charge in [-0.3, -0.25) is 9.59 Å². The lowest BCUT2D eigenvalue weighted by Crippen LogP contribution is -2.32. The largest absolute Gasteiger partial charge is 0.372 e. The molecule has 3 aromatic carbocycles. The minimum atomic E-state index is -0.342. The van der Waals surface area contributed by atoms with Crippen molar-refractivity contribution >= 4 is 34.4 Å². The van der Waals surface area contributed by atoms with Gasteiger partial charge in [-0.15, -0.1) is 0 Å². The Morgan fingerprint density at radius 1 is 0.697 bits per heavy atom. The molecular weight excluding hydrogens is 410 g/mol. The fourth-order valence-corrected chi connectivity index (χ4v) is 4.50. The molecule has 0 unspecified atom stereocenters. The summed E-state index contributed by atoms with van der Waals surface area (Å²) in [4.78, 5) is 30.7. The SMILES string of the molecule is Cc1ccc(NC2=C(c3ccccc3)C(=O)N(c3ccc(N4CCCCC4)cc3)C2=O)cc1. The zero-order valence-electron chi connectivity index (χ0n) is 18.8. The van der Waals surface area contributed by atoms with E-state index in [9.17, 15) is 9.59 Å². The monoisotopic (exact) mass is 437 g/mol. The average molecular weight is 438 g/mol. The van der Waals surface area contributed by atoms with Crippen molar-refractivity contribution in [2.75, 3.05) is 28.2 Å². The molecule has 0 bridgehead atoms. The highest BCUT2D eigenvalue weighted by Crippen LogP contribution is 2.34. The summed E-state index contributed by atoms with van der Waals surface area (Å²) in [5, 5.41) is 3.22. The van der Waals surface area contributed by atoms with Crippen molar-refractivity contribution in [2.24, 2.45) is 0 Å². The van der Waals surface area contributed by atoms with Gasteiger partial charge in [-0.1, -0.05) is 48.0 Å². The number of rotatable bonds is 5. The second-order valence-electron chi connectivity index (χ2n) is 8.62. The number of benzene rings is 3. The van der Waals surface area contributed by atoms with Crippen molar-refractivity contribution in [3.05, 3.63) is 95.7 Å². The lowest BCUT2D eigenvalue weighted by Gasteiger charge is -2.29. The number of nitrogens with zero attached hydrogens (tertiary/aromatic N) is 2. The standard InChI is InChI=1S/C28H27N3O2/c1-20-10-12-22(13-11-20)29-26-25(21-8-4-2-5-9-21)27(32)31(28(26)33)24-16-14-23(15-17-24)30-18-6-3-7-19-30/h2,4-5,8-17,29H,3,6-7,18-19H2,1H3. The van der Waals surface area contributed by atoms with Gasteiger partial charge in [0, 0.05) is 24.5 Å². The summed E-state index contributed by atoms with van der Waals surface area (Å²) in [5.74, 6) is -0.656. The molecule has 0 aliphatic carbocycles. The fraction of sp³-hybridized carbons (Fsp3) is 0.214. The van der Waals surface area contributed by atoms with Gasteiger partial charge >= 0.3 is 0 Å². The number of aryl methyl sites for hydroxylation is 1. The van der Waals surface area contributed by atoms with Crippen molar-refractivity contribution in [3.8, 4) is 0 Å². The van der Waals surface area contributed by atoms with Crippen molar-refractivity contribution in [1.82, 2.24) is 0 Å². The third kappa shape index (κ3) is 4.14. The molecule has 3 aromatic rings. The van der Waals surface area contributed by atoms with Crippen LogP contribution in [0.2, 0.25) is 0 Å². The van der Waals surface area contributed by atoms with E-state index in [0.717, 1.165) is 35.6 Å².